The Labute approximate surface area is 91.2 Å². The lowest BCUT2D eigenvalue weighted by molar-refractivity contribution is 0.0206. The lowest BCUT2D eigenvalue weighted by Crippen LogP contribution is -2.51. The second kappa shape index (κ2) is 5.45. The molecule has 0 amide bonds. The Kier molecular flexibility index (Phi) is 3.95. The molecule has 0 radical (unpaired) electrons. The van der Waals surface area contributed by atoms with Crippen molar-refractivity contribution in [2.75, 3.05) is 39.4 Å². The number of nitrogens with one attached hydrogen (secondary N) is 1. The molecule has 0 aliphatic carbocycles. The van der Waals surface area contributed by atoms with Crippen LogP contribution in [0, 0.1) is 17.2 Å². The fourth-order valence-electron chi connectivity index (χ4n) is 2.46. The Balaban J connectivity index is 1.92. The monoisotopic (exact) mass is 209 g/mol. The third-order valence-electron chi connectivity index (χ3n) is 3.32. The Bertz CT molecular complexity index is 208. The first-order valence-electron chi connectivity index (χ1n) is 5.84. The minimum absolute atomic E-state index is 0.0624. The summed E-state index contributed by atoms with van der Waals surface area (Å²) in [5, 5.41) is 12.6. The fraction of sp³-hybridized carbons (Fsp3) is 0.909. The van der Waals surface area contributed by atoms with Gasteiger partial charge >= 0.3 is 0 Å². The molecule has 0 aromatic rings. The molecule has 0 spiro atoms. The minimum Gasteiger partial charge on any atom is -0.381 e. The fourth-order valence-corrected chi connectivity index (χ4v) is 2.46. The number of nitriles is 1. The molecule has 2 heterocycles. The summed E-state index contributed by atoms with van der Waals surface area (Å²) in [5.41, 5.74) is 0. The second-order valence-electron chi connectivity index (χ2n) is 4.34. The predicted molar refractivity (Wildman–Crippen MR) is 57.4 cm³/mol. The number of hydrogen-bond donors (Lipinski definition) is 1. The molecular weight excluding hydrogens is 190 g/mol. The Morgan fingerprint density at radius 3 is 2.80 bits per heavy atom. The van der Waals surface area contributed by atoms with Gasteiger partial charge in [-0.3, -0.25) is 4.90 Å². The van der Waals surface area contributed by atoms with E-state index in [1.54, 1.807) is 0 Å². The average Bonchev–Trinajstić information content (AvgIpc) is 2.33. The molecule has 4 nitrogen and oxygen atoms in total. The van der Waals surface area contributed by atoms with Crippen LogP contribution in [0.2, 0.25) is 0 Å². The van der Waals surface area contributed by atoms with Crippen molar-refractivity contribution in [3.8, 4) is 6.07 Å². The molecule has 2 aliphatic heterocycles. The first-order valence-corrected chi connectivity index (χ1v) is 5.84. The SMILES string of the molecule is N#CC(C1CCCOC1)N1CCNCC1. The van der Waals surface area contributed by atoms with E-state index in [4.69, 9.17) is 4.74 Å². The Morgan fingerprint density at radius 2 is 2.20 bits per heavy atom. The van der Waals surface area contributed by atoms with Gasteiger partial charge in [-0.1, -0.05) is 0 Å². The van der Waals surface area contributed by atoms with Crippen molar-refractivity contribution in [1.29, 1.82) is 5.26 Å². The highest BCUT2D eigenvalue weighted by molar-refractivity contribution is 4.98. The van der Waals surface area contributed by atoms with Gasteiger partial charge in [-0.2, -0.15) is 5.26 Å². The number of ether oxygens (including phenoxy) is 1. The first-order chi connectivity index (χ1) is 7.42. The molecule has 0 aromatic carbocycles. The quantitative estimate of drug-likeness (QED) is 0.706. The van der Waals surface area contributed by atoms with Gasteiger partial charge in [0.15, 0.2) is 0 Å². The number of piperazine rings is 1. The molecule has 2 fully saturated rings. The van der Waals surface area contributed by atoms with Crippen molar-refractivity contribution in [3.05, 3.63) is 0 Å². The van der Waals surface area contributed by atoms with Crippen LogP contribution in [0.15, 0.2) is 0 Å². The third-order valence-corrected chi connectivity index (χ3v) is 3.32. The van der Waals surface area contributed by atoms with E-state index in [2.05, 4.69) is 16.3 Å². The van der Waals surface area contributed by atoms with Gasteiger partial charge in [0.25, 0.3) is 0 Å². The summed E-state index contributed by atoms with van der Waals surface area (Å²) in [6, 6.07) is 2.52. The molecule has 4 heteroatoms. The van der Waals surface area contributed by atoms with Crippen LogP contribution in [0.25, 0.3) is 0 Å². The molecule has 2 aliphatic rings. The minimum atomic E-state index is 0.0624. The van der Waals surface area contributed by atoms with Gasteiger partial charge in [-0.15, -0.1) is 0 Å². The Hall–Kier alpha value is -0.630. The zero-order valence-electron chi connectivity index (χ0n) is 9.11. The van der Waals surface area contributed by atoms with Gasteiger partial charge in [0.2, 0.25) is 0 Å². The van der Waals surface area contributed by atoms with Crippen LogP contribution < -0.4 is 5.32 Å². The zero-order valence-corrected chi connectivity index (χ0v) is 9.11. The van der Waals surface area contributed by atoms with Crippen LogP contribution in [0.1, 0.15) is 12.8 Å². The maximum atomic E-state index is 9.26. The smallest absolute Gasteiger partial charge is 0.103 e. The van der Waals surface area contributed by atoms with E-state index >= 15 is 0 Å². The van der Waals surface area contributed by atoms with Gasteiger partial charge < -0.3 is 10.1 Å². The summed E-state index contributed by atoms with van der Waals surface area (Å²) in [7, 11) is 0. The molecule has 2 saturated heterocycles. The normalized spacial score (nSPS) is 30.7. The van der Waals surface area contributed by atoms with E-state index in [1.165, 1.54) is 0 Å². The van der Waals surface area contributed by atoms with Gasteiger partial charge in [0.1, 0.15) is 6.04 Å². The van der Waals surface area contributed by atoms with E-state index in [0.29, 0.717) is 5.92 Å². The summed E-state index contributed by atoms with van der Waals surface area (Å²) in [6.07, 6.45) is 2.25. The molecule has 15 heavy (non-hydrogen) atoms. The van der Waals surface area contributed by atoms with E-state index in [0.717, 1.165) is 52.2 Å². The molecule has 0 aromatic heterocycles. The van der Waals surface area contributed by atoms with E-state index in [9.17, 15) is 5.26 Å². The van der Waals surface area contributed by atoms with Crippen LogP contribution in [0.5, 0.6) is 0 Å². The summed E-state index contributed by atoms with van der Waals surface area (Å²) < 4.78 is 5.46. The van der Waals surface area contributed by atoms with Crippen LogP contribution in [-0.2, 0) is 4.74 Å². The highest BCUT2D eigenvalue weighted by Gasteiger charge is 2.29. The van der Waals surface area contributed by atoms with Crippen molar-refractivity contribution in [2.45, 2.75) is 18.9 Å². The van der Waals surface area contributed by atoms with Crippen LogP contribution >= 0.6 is 0 Å². The lowest BCUT2D eigenvalue weighted by Gasteiger charge is -2.36. The third kappa shape index (κ3) is 2.69. The van der Waals surface area contributed by atoms with Crippen LogP contribution in [0.4, 0.5) is 0 Å². The van der Waals surface area contributed by atoms with Crippen molar-refractivity contribution >= 4 is 0 Å². The summed E-state index contributed by atoms with van der Waals surface area (Å²) >= 11 is 0. The zero-order chi connectivity index (χ0) is 10.5. The lowest BCUT2D eigenvalue weighted by atomic mass is 9.93. The number of nitrogens with zero attached hydrogens (tertiary/aromatic N) is 2. The van der Waals surface area contributed by atoms with E-state index < -0.39 is 0 Å². The Morgan fingerprint density at radius 1 is 1.40 bits per heavy atom. The first kappa shape index (κ1) is 10.9. The number of hydrogen-bond acceptors (Lipinski definition) is 4. The molecular formula is C11H19N3O. The molecule has 84 valence electrons. The number of rotatable bonds is 2. The van der Waals surface area contributed by atoms with Gasteiger partial charge in [0.05, 0.1) is 12.7 Å². The topological polar surface area (TPSA) is 48.3 Å². The molecule has 0 saturated carbocycles. The van der Waals surface area contributed by atoms with Gasteiger partial charge in [-0.05, 0) is 12.8 Å². The highest BCUT2D eigenvalue weighted by Crippen LogP contribution is 2.21. The molecule has 2 unspecified atom stereocenters. The molecule has 2 atom stereocenters. The summed E-state index contributed by atoms with van der Waals surface area (Å²) in [4.78, 5) is 2.30. The maximum Gasteiger partial charge on any atom is 0.103 e. The van der Waals surface area contributed by atoms with E-state index in [-0.39, 0.29) is 6.04 Å². The van der Waals surface area contributed by atoms with Crippen LogP contribution in [0.3, 0.4) is 0 Å². The molecule has 0 bridgehead atoms. The summed E-state index contributed by atoms with van der Waals surface area (Å²) in [6.45, 7) is 5.64. The van der Waals surface area contributed by atoms with Crippen molar-refractivity contribution in [3.63, 3.8) is 0 Å². The van der Waals surface area contributed by atoms with Gasteiger partial charge in [-0.25, -0.2) is 0 Å². The summed E-state index contributed by atoms with van der Waals surface area (Å²) in [5.74, 6) is 0.418. The van der Waals surface area contributed by atoms with Crippen molar-refractivity contribution in [2.24, 2.45) is 5.92 Å². The predicted octanol–water partition coefficient (Wildman–Crippen LogP) is 0.210. The van der Waals surface area contributed by atoms with Crippen molar-refractivity contribution < 1.29 is 4.74 Å². The van der Waals surface area contributed by atoms with Crippen molar-refractivity contribution in [1.82, 2.24) is 10.2 Å². The maximum absolute atomic E-state index is 9.26. The molecule has 1 N–H and O–H groups in total. The van der Waals surface area contributed by atoms with Crippen LogP contribution in [-0.4, -0.2) is 50.3 Å². The molecule has 2 rings (SSSR count). The average molecular weight is 209 g/mol. The second-order valence-corrected chi connectivity index (χ2v) is 4.34. The standard InChI is InChI=1S/C11H19N3O/c12-8-11(10-2-1-7-15-9-10)14-5-3-13-4-6-14/h10-11,13H,1-7,9H2. The van der Waals surface area contributed by atoms with E-state index in [1.807, 2.05) is 0 Å². The van der Waals surface area contributed by atoms with Gasteiger partial charge in [0, 0.05) is 38.7 Å². The highest BCUT2D eigenvalue weighted by atomic mass is 16.5. The largest absolute Gasteiger partial charge is 0.381 e.